The highest BCUT2D eigenvalue weighted by molar-refractivity contribution is 7.99. The van der Waals surface area contributed by atoms with Gasteiger partial charge in [0.25, 0.3) is 0 Å². The number of thioether (sulfide) groups is 1. The first kappa shape index (κ1) is 20.7. The first-order valence-corrected chi connectivity index (χ1v) is 10.5. The van der Waals surface area contributed by atoms with Crippen molar-refractivity contribution in [2.24, 2.45) is 7.05 Å². The van der Waals surface area contributed by atoms with Crippen molar-refractivity contribution in [2.45, 2.75) is 36.8 Å². The summed E-state index contributed by atoms with van der Waals surface area (Å²) in [6, 6.07) is 0.595. The molecule has 4 rings (SSSR count). The third-order valence-electron chi connectivity index (χ3n) is 4.95. The fourth-order valence-electron chi connectivity index (χ4n) is 3.31. The van der Waals surface area contributed by atoms with E-state index < -0.39 is 11.9 Å². The SMILES string of the molecule is CCSc1c(C2CC2)nn(C(=O)N(C)C)c1-c1nc2cc(C(F)(F)F)ncc2n1C. The second-order valence-electron chi connectivity index (χ2n) is 7.41. The Morgan fingerprint density at radius 1 is 1.33 bits per heavy atom. The first-order valence-electron chi connectivity index (χ1n) is 9.50. The third kappa shape index (κ3) is 3.44. The second-order valence-corrected chi connectivity index (χ2v) is 8.68. The Kier molecular flexibility index (Phi) is 5.03. The lowest BCUT2D eigenvalue weighted by molar-refractivity contribution is -0.141. The maximum Gasteiger partial charge on any atom is 0.433 e. The van der Waals surface area contributed by atoms with Gasteiger partial charge in [0.1, 0.15) is 11.4 Å². The molecule has 3 aromatic rings. The molecule has 1 aliphatic carbocycles. The number of aryl methyl sites for hydroxylation is 1. The summed E-state index contributed by atoms with van der Waals surface area (Å²) in [6.45, 7) is 2.00. The number of fused-ring (bicyclic) bond motifs is 1. The van der Waals surface area contributed by atoms with E-state index in [2.05, 4.69) is 15.1 Å². The average Bonchev–Trinajstić information content (AvgIpc) is 3.39. The number of rotatable bonds is 4. The number of pyridine rings is 1. The summed E-state index contributed by atoms with van der Waals surface area (Å²) in [5, 5.41) is 4.61. The van der Waals surface area contributed by atoms with Gasteiger partial charge >= 0.3 is 12.2 Å². The molecule has 0 atom stereocenters. The highest BCUT2D eigenvalue weighted by Crippen LogP contribution is 2.47. The number of hydrogen-bond acceptors (Lipinski definition) is 5. The molecule has 0 N–H and O–H groups in total. The molecule has 0 aliphatic heterocycles. The third-order valence-corrected chi connectivity index (χ3v) is 5.93. The van der Waals surface area contributed by atoms with Crippen molar-refractivity contribution in [1.29, 1.82) is 0 Å². The zero-order chi connectivity index (χ0) is 21.8. The largest absolute Gasteiger partial charge is 0.433 e. The van der Waals surface area contributed by atoms with E-state index in [9.17, 15) is 18.0 Å². The predicted octanol–water partition coefficient (Wildman–Crippen LogP) is 4.37. The summed E-state index contributed by atoms with van der Waals surface area (Å²) in [5.74, 6) is 1.44. The van der Waals surface area contributed by atoms with Crippen LogP contribution in [0, 0.1) is 0 Å². The number of hydrogen-bond donors (Lipinski definition) is 0. The highest BCUT2D eigenvalue weighted by atomic mass is 32.2. The number of amides is 1. The summed E-state index contributed by atoms with van der Waals surface area (Å²) in [4.78, 5) is 23.2. The van der Waals surface area contributed by atoms with Crippen LogP contribution in [0.25, 0.3) is 22.6 Å². The maximum atomic E-state index is 13.1. The molecule has 1 fully saturated rings. The van der Waals surface area contributed by atoms with E-state index in [4.69, 9.17) is 0 Å². The fraction of sp³-hybridized carbons (Fsp3) is 0.474. The normalized spacial score (nSPS) is 14.5. The molecule has 30 heavy (non-hydrogen) atoms. The van der Waals surface area contributed by atoms with Gasteiger partial charge in [-0.25, -0.2) is 14.8 Å². The van der Waals surface area contributed by atoms with Gasteiger partial charge in [0.05, 0.1) is 27.8 Å². The minimum Gasteiger partial charge on any atom is -0.329 e. The van der Waals surface area contributed by atoms with Crippen LogP contribution in [0.1, 0.15) is 37.1 Å². The molecule has 0 aromatic carbocycles. The summed E-state index contributed by atoms with van der Waals surface area (Å²) in [6.07, 6.45) is -1.38. The van der Waals surface area contributed by atoms with Crippen molar-refractivity contribution in [3.8, 4) is 11.5 Å². The molecule has 1 saturated carbocycles. The van der Waals surface area contributed by atoms with Crippen LogP contribution < -0.4 is 0 Å². The van der Waals surface area contributed by atoms with Crippen molar-refractivity contribution < 1.29 is 18.0 Å². The van der Waals surface area contributed by atoms with Crippen LogP contribution in [0.4, 0.5) is 18.0 Å². The molecule has 0 bridgehead atoms. The van der Waals surface area contributed by atoms with E-state index in [-0.39, 0.29) is 11.5 Å². The lowest BCUT2D eigenvalue weighted by Crippen LogP contribution is -2.29. The average molecular weight is 438 g/mol. The Morgan fingerprint density at radius 3 is 2.60 bits per heavy atom. The van der Waals surface area contributed by atoms with Crippen LogP contribution in [0.2, 0.25) is 0 Å². The van der Waals surface area contributed by atoms with Gasteiger partial charge in [-0.05, 0) is 24.7 Å². The summed E-state index contributed by atoms with van der Waals surface area (Å²) in [5.41, 5.74) is 0.978. The van der Waals surface area contributed by atoms with Crippen LogP contribution in [0.5, 0.6) is 0 Å². The fourth-order valence-corrected chi connectivity index (χ4v) is 4.27. The zero-order valence-electron chi connectivity index (χ0n) is 17.0. The van der Waals surface area contributed by atoms with E-state index >= 15 is 0 Å². The van der Waals surface area contributed by atoms with Gasteiger partial charge in [-0.2, -0.15) is 23.0 Å². The van der Waals surface area contributed by atoms with E-state index in [0.29, 0.717) is 23.0 Å². The number of nitrogens with zero attached hydrogens (tertiary/aromatic N) is 6. The molecular weight excluding hydrogens is 417 g/mol. The molecule has 1 amide bonds. The number of imidazole rings is 1. The molecule has 3 aromatic heterocycles. The quantitative estimate of drug-likeness (QED) is 0.566. The highest BCUT2D eigenvalue weighted by Gasteiger charge is 2.36. The standard InChI is InChI=1S/C19H21F3N6OS/c1-5-30-16-14(10-6-7-10)25-28(18(29)26(2)3)15(16)17-24-11-8-13(19(20,21)22)23-9-12(11)27(17)4/h8-10H,5-7H2,1-4H3. The van der Waals surface area contributed by atoms with Gasteiger partial charge in [0, 0.05) is 27.1 Å². The van der Waals surface area contributed by atoms with E-state index in [1.807, 2.05) is 6.92 Å². The number of carbonyl (C=O) groups excluding carboxylic acids is 1. The molecule has 7 nitrogen and oxygen atoms in total. The monoisotopic (exact) mass is 438 g/mol. The van der Waals surface area contributed by atoms with Crippen LogP contribution in [0.15, 0.2) is 17.2 Å². The van der Waals surface area contributed by atoms with Gasteiger partial charge in [-0.15, -0.1) is 11.8 Å². The van der Waals surface area contributed by atoms with Crippen molar-refractivity contribution >= 4 is 28.8 Å². The van der Waals surface area contributed by atoms with Crippen LogP contribution in [0.3, 0.4) is 0 Å². The number of aromatic nitrogens is 5. The van der Waals surface area contributed by atoms with Gasteiger partial charge in [0.2, 0.25) is 0 Å². The Bertz CT molecular complexity index is 1130. The van der Waals surface area contributed by atoms with Gasteiger partial charge < -0.3 is 9.47 Å². The van der Waals surface area contributed by atoms with Crippen LogP contribution in [-0.4, -0.2) is 55.1 Å². The Balaban J connectivity index is 1.97. The van der Waals surface area contributed by atoms with Crippen molar-refractivity contribution in [2.75, 3.05) is 19.8 Å². The van der Waals surface area contributed by atoms with Gasteiger partial charge in [-0.3, -0.25) is 0 Å². The summed E-state index contributed by atoms with van der Waals surface area (Å²) >= 11 is 1.56. The Labute approximate surface area is 175 Å². The molecule has 11 heteroatoms. The van der Waals surface area contributed by atoms with E-state index in [0.717, 1.165) is 41.4 Å². The number of alkyl halides is 3. The molecular formula is C19H21F3N6OS. The molecule has 3 heterocycles. The van der Waals surface area contributed by atoms with Crippen LogP contribution >= 0.6 is 11.8 Å². The number of halogens is 3. The molecule has 1 aliphatic rings. The van der Waals surface area contributed by atoms with Gasteiger partial charge in [-0.1, -0.05) is 6.92 Å². The van der Waals surface area contributed by atoms with Crippen molar-refractivity contribution in [3.63, 3.8) is 0 Å². The molecule has 160 valence electrons. The molecule has 0 saturated heterocycles. The van der Waals surface area contributed by atoms with E-state index in [1.54, 1.807) is 37.5 Å². The minimum atomic E-state index is -4.56. The van der Waals surface area contributed by atoms with Crippen molar-refractivity contribution in [1.82, 2.24) is 29.2 Å². The Morgan fingerprint density at radius 2 is 2.03 bits per heavy atom. The minimum absolute atomic E-state index is 0.167. The lowest BCUT2D eigenvalue weighted by atomic mass is 10.2. The predicted molar refractivity (Wildman–Crippen MR) is 108 cm³/mol. The van der Waals surface area contributed by atoms with E-state index in [1.165, 1.54) is 9.58 Å². The number of carbonyl (C=O) groups is 1. The zero-order valence-corrected chi connectivity index (χ0v) is 17.8. The molecule has 0 unspecified atom stereocenters. The summed E-state index contributed by atoms with van der Waals surface area (Å²) in [7, 11) is 4.96. The molecule has 0 radical (unpaired) electrons. The first-order chi connectivity index (χ1) is 14.1. The second kappa shape index (κ2) is 7.29. The lowest BCUT2D eigenvalue weighted by Gasteiger charge is -2.13. The van der Waals surface area contributed by atoms with Gasteiger partial charge in [0.15, 0.2) is 5.82 Å². The summed E-state index contributed by atoms with van der Waals surface area (Å²) < 4.78 is 42.3. The Hall–Kier alpha value is -2.56. The topological polar surface area (TPSA) is 68.8 Å². The smallest absolute Gasteiger partial charge is 0.329 e. The van der Waals surface area contributed by atoms with Crippen LogP contribution in [-0.2, 0) is 13.2 Å². The molecule has 0 spiro atoms. The maximum absolute atomic E-state index is 13.1. The van der Waals surface area contributed by atoms with Crippen molar-refractivity contribution in [3.05, 3.63) is 23.7 Å².